The van der Waals surface area contributed by atoms with Crippen molar-refractivity contribution >= 4 is 48.1 Å². The Morgan fingerprint density at radius 3 is 2.22 bits per heavy atom. The van der Waals surface area contributed by atoms with E-state index < -0.39 is 36.6 Å². The lowest BCUT2D eigenvalue weighted by atomic mass is 10.1. The first-order valence-electron chi connectivity index (χ1n) is 8.51. The summed E-state index contributed by atoms with van der Waals surface area (Å²) in [5.41, 5.74) is 2.67. The number of nitrogens with two attached hydrogens (primary N) is 1. The van der Waals surface area contributed by atoms with Gasteiger partial charge in [0, 0.05) is 16.8 Å². The Bertz CT molecular complexity index is 1510. The normalized spacial score (nSPS) is 12.7. The molecule has 0 fully saturated rings. The summed E-state index contributed by atoms with van der Waals surface area (Å²) in [5, 5.41) is 35.9. The molecule has 0 atom stereocenters. The summed E-state index contributed by atoms with van der Waals surface area (Å²) in [5.74, 6) is -1.05. The number of nitrogens with one attached hydrogen (secondary N) is 1. The van der Waals surface area contributed by atoms with Gasteiger partial charge in [-0.25, -0.2) is 13.6 Å². The molecule has 14 heteroatoms. The first-order chi connectivity index (χ1) is 15.0. The van der Waals surface area contributed by atoms with Crippen LogP contribution in [0, 0.1) is 11.3 Å². The van der Waals surface area contributed by atoms with Crippen LogP contribution in [0.3, 0.4) is 0 Å². The molecule has 0 radical (unpaired) electrons. The first kappa shape index (κ1) is 22.8. The topological polar surface area (TPSA) is 208 Å². The maximum atomic E-state index is 11.6. The lowest BCUT2D eigenvalue weighted by Gasteiger charge is -2.08. The van der Waals surface area contributed by atoms with Gasteiger partial charge in [-0.15, -0.1) is 15.3 Å². The molecule has 0 spiro atoms. The number of primary sulfonamides is 1. The second kappa shape index (κ2) is 8.69. The number of sulfonamides is 1. The van der Waals surface area contributed by atoms with Crippen molar-refractivity contribution in [3.05, 3.63) is 54.6 Å². The monoisotopic (exact) mass is 474 g/mol. The van der Waals surface area contributed by atoms with Crippen LogP contribution in [0.4, 0.5) is 11.4 Å². The summed E-state index contributed by atoms with van der Waals surface area (Å²) >= 11 is 0. The molecule has 12 nitrogen and oxygen atoms in total. The van der Waals surface area contributed by atoms with E-state index in [0.29, 0.717) is 5.69 Å². The standard InChI is InChI=1S/C18H14N6O6S2/c19-10-17(22-21-11-5-7-12(8-6-11)31(20,26)27)23-24-18-14-4-2-1-3-13(14)16(9-15(18)25)32(28,29)30/h1-9,21,25H,(H2,20,26,27)(H,28,29,30)/b22-17-,24-23?. The number of rotatable bonds is 5. The summed E-state index contributed by atoms with van der Waals surface area (Å²) in [4.78, 5) is -0.619. The molecule has 3 aromatic carbocycles. The van der Waals surface area contributed by atoms with E-state index in [2.05, 4.69) is 20.8 Å². The fourth-order valence-electron chi connectivity index (χ4n) is 2.63. The maximum Gasteiger partial charge on any atom is 0.295 e. The SMILES string of the molecule is N#C/C(N=Nc1c(O)cc(S(=O)(=O)O)c2ccccc12)=N/Nc1ccc(S(N)(=O)=O)cc1. The van der Waals surface area contributed by atoms with Gasteiger partial charge >= 0.3 is 0 Å². The van der Waals surface area contributed by atoms with E-state index >= 15 is 0 Å². The maximum absolute atomic E-state index is 11.6. The molecule has 0 aromatic heterocycles. The predicted molar refractivity (Wildman–Crippen MR) is 114 cm³/mol. The van der Waals surface area contributed by atoms with Crippen LogP contribution in [-0.2, 0) is 20.1 Å². The van der Waals surface area contributed by atoms with Crippen LogP contribution in [0.2, 0.25) is 0 Å². The Balaban J connectivity index is 1.94. The number of phenolic OH excluding ortho intramolecular Hbond substituents is 1. The number of hydrogen-bond donors (Lipinski definition) is 4. The van der Waals surface area contributed by atoms with Gasteiger partial charge in [0.25, 0.3) is 16.0 Å². The highest BCUT2D eigenvalue weighted by molar-refractivity contribution is 7.89. The number of hydrogen-bond acceptors (Lipinski definition) is 9. The molecule has 3 aromatic rings. The van der Waals surface area contributed by atoms with Crippen molar-refractivity contribution in [2.24, 2.45) is 20.5 Å². The summed E-state index contributed by atoms with van der Waals surface area (Å²) in [6.07, 6.45) is 0. The number of amidine groups is 1. The zero-order valence-corrected chi connectivity index (χ0v) is 17.5. The Morgan fingerprint density at radius 1 is 1.03 bits per heavy atom. The Labute approximate surface area is 182 Å². The van der Waals surface area contributed by atoms with Gasteiger partial charge in [-0.3, -0.25) is 9.98 Å². The number of aromatic hydroxyl groups is 1. The van der Waals surface area contributed by atoms with E-state index in [9.17, 15) is 31.8 Å². The van der Waals surface area contributed by atoms with Gasteiger partial charge < -0.3 is 5.11 Å². The minimum Gasteiger partial charge on any atom is -0.506 e. The van der Waals surface area contributed by atoms with Crippen LogP contribution in [0.5, 0.6) is 5.75 Å². The number of nitriles is 1. The highest BCUT2D eigenvalue weighted by atomic mass is 32.2. The van der Waals surface area contributed by atoms with E-state index in [4.69, 9.17) is 5.14 Å². The Morgan fingerprint density at radius 2 is 1.66 bits per heavy atom. The van der Waals surface area contributed by atoms with Gasteiger partial charge in [0.1, 0.15) is 22.4 Å². The van der Waals surface area contributed by atoms with Gasteiger partial charge in [-0.1, -0.05) is 24.3 Å². The van der Waals surface area contributed by atoms with Crippen molar-refractivity contribution in [1.82, 2.24) is 0 Å². The lowest BCUT2D eigenvalue weighted by molar-refractivity contribution is 0.468. The minimum absolute atomic E-state index is 0.0882. The second-order valence-electron chi connectivity index (χ2n) is 6.19. The molecular formula is C18H14N6O6S2. The Hall–Kier alpha value is -3.90. The smallest absolute Gasteiger partial charge is 0.295 e. The number of benzene rings is 3. The van der Waals surface area contributed by atoms with Gasteiger partial charge in [0.05, 0.1) is 10.6 Å². The average molecular weight is 474 g/mol. The van der Waals surface area contributed by atoms with Crippen LogP contribution in [-0.4, -0.2) is 32.3 Å². The van der Waals surface area contributed by atoms with Gasteiger partial charge in [-0.2, -0.15) is 13.7 Å². The van der Waals surface area contributed by atoms with E-state index in [-0.39, 0.29) is 21.4 Å². The third-order valence-corrected chi connectivity index (χ3v) is 5.88. The summed E-state index contributed by atoms with van der Waals surface area (Å²) in [6, 6.07) is 13.6. The molecule has 0 saturated heterocycles. The molecule has 0 saturated carbocycles. The van der Waals surface area contributed by atoms with Crippen LogP contribution < -0.4 is 10.6 Å². The molecular weight excluding hydrogens is 460 g/mol. The van der Waals surface area contributed by atoms with Crippen LogP contribution >= 0.6 is 0 Å². The number of anilines is 1. The van der Waals surface area contributed by atoms with E-state index in [1.165, 1.54) is 42.5 Å². The molecule has 0 aliphatic rings. The van der Waals surface area contributed by atoms with Gasteiger partial charge in [0.2, 0.25) is 10.0 Å². The zero-order chi connectivity index (χ0) is 23.5. The highest BCUT2D eigenvalue weighted by Gasteiger charge is 2.19. The summed E-state index contributed by atoms with van der Waals surface area (Å²) < 4.78 is 55.1. The summed E-state index contributed by atoms with van der Waals surface area (Å²) in [6.45, 7) is 0. The quantitative estimate of drug-likeness (QED) is 0.142. The largest absolute Gasteiger partial charge is 0.506 e. The Kier molecular flexibility index (Phi) is 6.18. The highest BCUT2D eigenvalue weighted by Crippen LogP contribution is 2.39. The molecule has 0 unspecified atom stereocenters. The van der Waals surface area contributed by atoms with Crippen LogP contribution in [0.15, 0.2) is 79.7 Å². The molecule has 0 aliphatic heterocycles. The van der Waals surface area contributed by atoms with Gasteiger partial charge in [0.15, 0.2) is 0 Å². The van der Waals surface area contributed by atoms with Crippen molar-refractivity contribution in [2.75, 3.05) is 5.43 Å². The molecule has 5 N–H and O–H groups in total. The summed E-state index contributed by atoms with van der Waals surface area (Å²) in [7, 11) is -8.48. The number of phenols is 1. The third-order valence-electron chi connectivity index (χ3n) is 4.05. The van der Waals surface area contributed by atoms with Crippen molar-refractivity contribution in [3.8, 4) is 11.8 Å². The van der Waals surface area contributed by atoms with E-state index in [1.54, 1.807) is 12.1 Å². The third kappa shape index (κ3) is 5.04. The molecule has 164 valence electrons. The van der Waals surface area contributed by atoms with Gasteiger partial charge in [-0.05, 0) is 24.3 Å². The minimum atomic E-state index is -4.62. The van der Waals surface area contributed by atoms with Crippen LogP contribution in [0.25, 0.3) is 10.8 Å². The number of nitrogens with zero attached hydrogens (tertiary/aromatic N) is 4. The molecule has 0 amide bonds. The number of fused-ring (bicyclic) bond motifs is 1. The lowest BCUT2D eigenvalue weighted by Crippen LogP contribution is -2.11. The molecule has 0 aliphatic carbocycles. The fraction of sp³-hybridized carbons (Fsp3) is 0. The molecule has 32 heavy (non-hydrogen) atoms. The number of azo groups is 1. The van der Waals surface area contributed by atoms with E-state index in [1.807, 2.05) is 0 Å². The van der Waals surface area contributed by atoms with Crippen LogP contribution in [0.1, 0.15) is 0 Å². The van der Waals surface area contributed by atoms with Crippen molar-refractivity contribution in [2.45, 2.75) is 9.79 Å². The predicted octanol–water partition coefficient (Wildman–Crippen LogP) is 2.47. The van der Waals surface area contributed by atoms with Crippen molar-refractivity contribution < 1.29 is 26.5 Å². The fourth-order valence-corrected chi connectivity index (χ4v) is 3.87. The van der Waals surface area contributed by atoms with Crippen molar-refractivity contribution in [3.63, 3.8) is 0 Å². The molecule has 0 heterocycles. The van der Waals surface area contributed by atoms with E-state index in [0.717, 1.165) is 6.07 Å². The average Bonchev–Trinajstić information content (AvgIpc) is 2.73. The van der Waals surface area contributed by atoms with Crippen molar-refractivity contribution in [1.29, 1.82) is 5.26 Å². The number of hydrazone groups is 1. The molecule has 0 bridgehead atoms. The second-order valence-corrected chi connectivity index (χ2v) is 9.14. The first-order valence-corrected chi connectivity index (χ1v) is 11.5. The molecule has 3 rings (SSSR count). The zero-order valence-electron chi connectivity index (χ0n) is 15.9.